The van der Waals surface area contributed by atoms with Crippen LogP contribution in [-0.4, -0.2) is 4.70 Å². The molecule has 0 spiro atoms. The first-order valence-corrected chi connectivity index (χ1v) is 16.7. The minimum atomic E-state index is 0. The summed E-state index contributed by atoms with van der Waals surface area (Å²) in [5.74, 6) is 0. The van der Waals surface area contributed by atoms with E-state index in [1.807, 2.05) is 0 Å². The van der Waals surface area contributed by atoms with Gasteiger partial charge in [0.05, 0.1) is 0 Å². The molecule has 0 saturated carbocycles. The maximum atomic E-state index is 11.4. The van der Waals surface area contributed by atoms with Gasteiger partial charge in [0.15, 0.2) is 0 Å². The van der Waals surface area contributed by atoms with Gasteiger partial charge in [-0.2, -0.15) is 13.8 Å². The van der Waals surface area contributed by atoms with Crippen LogP contribution in [0.25, 0.3) is 16.9 Å². The maximum absolute atomic E-state index is 11.4. The Bertz CT molecular complexity index is 1050. The van der Waals surface area contributed by atoms with Gasteiger partial charge >= 0.3 is 16.5 Å². The number of hydrogen-bond acceptors (Lipinski definition) is 0. The Morgan fingerprint density at radius 1 is 0.571 bits per heavy atom. The molecule has 0 aliphatic carbocycles. The average molecular weight is 616 g/mol. The first-order valence-electron chi connectivity index (χ1n) is 16.7. The van der Waals surface area contributed by atoms with E-state index in [1.54, 1.807) is 13.8 Å². The molecule has 1 heterocycles. The van der Waals surface area contributed by atoms with Gasteiger partial charge in [0.25, 0.3) is 0 Å². The Balaban J connectivity index is 0.00000322. The third kappa shape index (κ3) is 14.0. The molecule has 0 bridgehead atoms. The molecule has 0 radical (unpaired) electrons. The van der Waals surface area contributed by atoms with Crippen molar-refractivity contribution in [2.75, 3.05) is 0 Å². The van der Waals surface area contributed by atoms with Crippen molar-refractivity contribution in [2.24, 2.45) is 0 Å². The Labute approximate surface area is 270 Å². The number of hydrogen-bond donors (Lipinski definition) is 0. The van der Waals surface area contributed by atoms with E-state index in [0.29, 0.717) is 0 Å². The van der Waals surface area contributed by atoms with E-state index in [9.17, 15) is 5.53 Å². The maximum Gasteiger partial charge on any atom is 2.00 e. The molecule has 236 valence electrons. The molecule has 1 aliphatic rings. The minimum Gasteiger partial charge on any atom is -0.493 e. The van der Waals surface area contributed by atoms with Crippen molar-refractivity contribution in [3.63, 3.8) is 0 Å². The molecule has 3 rings (SSSR count). The quantitative estimate of drug-likeness (QED) is 0.0690. The van der Waals surface area contributed by atoms with Gasteiger partial charge < -0.3 is 19.4 Å². The van der Waals surface area contributed by atoms with Gasteiger partial charge in [0.1, 0.15) is 0 Å². The van der Waals surface area contributed by atoms with Crippen molar-refractivity contribution in [3.8, 4) is 0 Å². The van der Waals surface area contributed by atoms with E-state index in [1.165, 1.54) is 92.0 Å². The van der Waals surface area contributed by atoms with Crippen LogP contribution in [0.4, 0.5) is 0 Å². The molecular weight excluding hydrogens is 555 g/mol. The van der Waals surface area contributed by atoms with E-state index in [-0.39, 0.29) is 16.5 Å². The summed E-state index contributed by atoms with van der Waals surface area (Å²) in [6.45, 7) is 16.8. The summed E-state index contributed by atoms with van der Waals surface area (Å²) in [6, 6.07) is 17.6. The summed E-state index contributed by atoms with van der Waals surface area (Å²) in [6.07, 6.45) is 22.3. The summed E-state index contributed by atoms with van der Waals surface area (Å²) in [4.78, 5) is 0. The number of unbranched alkanes of at least 4 members (excludes halogenated alkanes) is 10. The fraction of sp³-hybridized carbons (Fsp3) is 0.538. The molecule has 2 nitrogen and oxygen atoms in total. The molecular formula is C39H60N2Ni. The summed E-state index contributed by atoms with van der Waals surface area (Å²) in [5, 5.41) is 0. The molecule has 0 N–H and O–H groups in total. The van der Waals surface area contributed by atoms with Gasteiger partial charge in [-0.25, -0.2) is 4.70 Å². The van der Waals surface area contributed by atoms with Crippen LogP contribution in [0.3, 0.4) is 0 Å². The fourth-order valence-electron chi connectivity index (χ4n) is 5.40. The zero-order chi connectivity index (χ0) is 30.3. The molecule has 0 unspecified atom stereocenters. The van der Waals surface area contributed by atoms with Crippen molar-refractivity contribution in [2.45, 2.75) is 137 Å². The SMILES string of the molecule is CCCCCCCCCCCc1cccc(C2=CC(CCCC)=C(c3cccc(CCCC)c3)[N+]2=[N-])c1.[CH2-]C.[CH2-]C.[Ni+2]. The van der Waals surface area contributed by atoms with Crippen LogP contribution in [0, 0.1) is 13.8 Å². The standard InChI is InChI=1S/C35H50N2.2C2H5.Ni/c1-4-7-10-11-12-13-14-15-16-20-30-21-17-24-31(26-30)34-28-33(23-9-6-3)35(37(34)36)32-25-18-22-29(27-32)19-8-5-2;2*1-2;/h17-18,21-22,24-28H,4-16,19-20,23H2,1-3H3;2*1H2,2H3;/q;2*-1;+2. The van der Waals surface area contributed by atoms with Gasteiger partial charge in [-0.1, -0.05) is 109 Å². The van der Waals surface area contributed by atoms with E-state index < -0.39 is 0 Å². The first kappa shape index (κ1) is 40.0. The largest absolute Gasteiger partial charge is 2.00 e. The van der Waals surface area contributed by atoms with Gasteiger partial charge in [-0.05, 0) is 73.9 Å². The van der Waals surface area contributed by atoms with E-state index in [4.69, 9.17) is 0 Å². The van der Waals surface area contributed by atoms with Crippen LogP contribution in [0.15, 0.2) is 60.2 Å². The molecule has 0 fully saturated rings. The second-order valence-electron chi connectivity index (χ2n) is 10.9. The van der Waals surface area contributed by atoms with Crippen molar-refractivity contribution in [1.29, 1.82) is 0 Å². The average Bonchev–Trinajstić information content (AvgIpc) is 3.36. The van der Waals surface area contributed by atoms with Crippen molar-refractivity contribution < 1.29 is 21.2 Å². The second-order valence-corrected chi connectivity index (χ2v) is 10.9. The van der Waals surface area contributed by atoms with Crippen molar-refractivity contribution in [1.82, 2.24) is 0 Å². The van der Waals surface area contributed by atoms with Gasteiger partial charge in [-0.15, -0.1) is 0 Å². The van der Waals surface area contributed by atoms with Crippen LogP contribution in [0.5, 0.6) is 0 Å². The summed E-state index contributed by atoms with van der Waals surface area (Å²) in [7, 11) is 0. The molecule has 42 heavy (non-hydrogen) atoms. The number of aryl methyl sites for hydroxylation is 2. The van der Waals surface area contributed by atoms with E-state index in [0.717, 1.165) is 54.6 Å². The van der Waals surface area contributed by atoms with Crippen LogP contribution in [0.1, 0.15) is 147 Å². The summed E-state index contributed by atoms with van der Waals surface area (Å²) >= 11 is 0. The van der Waals surface area contributed by atoms with Crippen LogP contribution >= 0.6 is 0 Å². The van der Waals surface area contributed by atoms with Gasteiger partial charge in [0, 0.05) is 22.8 Å². The monoisotopic (exact) mass is 614 g/mol. The minimum absolute atomic E-state index is 0. The molecule has 3 heteroatoms. The molecule has 2 aromatic carbocycles. The smallest absolute Gasteiger partial charge is 0.493 e. The zero-order valence-corrected chi connectivity index (χ0v) is 28.6. The Hall–Kier alpha value is -1.99. The topological polar surface area (TPSA) is 25.3 Å². The fourth-order valence-corrected chi connectivity index (χ4v) is 5.40. The Morgan fingerprint density at radius 2 is 1.02 bits per heavy atom. The molecule has 0 aromatic heterocycles. The van der Waals surface area contributed by atoms with Crippen molar-refractivity contribution in [3.05, 3.63) is 102 Å². The van der Waals surface area contributed by atoms with Crippen molar-refractivity contribution >= 4 is 11.4 Å². The van der Waals surface area contributed by atoms with Crippen LogP contribution in [-0.2, 0) is 29.3 Å². The molecule has 2 aromatic rings. The molecule has 0 saturated heterocycles. The molecule has 1 aliphatic heterocycles. The zero-order valence-electron chi connectivity index (χ0n) is 27.6. The number of allylic oxidation sites excluding steroid dienone is 2. The molecule has 0 amide bonds. The van der Waals surface area contributed by atoms with Crippen LogP contribution in [0.2, 0.25) is 0 Å². The number of benzene rings is 2. The number of nitrogens with zero attached hydrogens (tertiary/aromatic N) is 2. The Kier molecular flexibility index (Phi) is 24.3. The van der Waals surface area contributed by atoms with Gasteiger partial charge in [0.2, 0.25) is 11.4 Å². The third-order valence-electron chi connectivity index (χ3n) is 7.67. The predicted octanol–water partition coefficient (Wildman–Crippen LogP) is 12.8. The predicted molar refractivity (Wildman–Crippen MR) is 183 cm³/mol. The first-order chi connectivity index (χ1) is 20.2. The van der Waals surface area contributed by atoms with E-state index in [2.05, 4.69) is 89.2 Å². The number of rotatable bonds is 18. The van der Waals surface area contributed by atoms with E-state index >= 15 is 0 Å². The van der Waals surface area contributed by atoms with Crippen LogP contribution < -0.4 is 0 Å². The molecule has 0 atom stereocenters. The summed E-state index contributed by atoms with van der Waals surface area (Å²) < 4.78 is 1.46. The summed E-state index contributed by atoms with van der Waals surface area (Å²) in [5.41, 5.74) is 19.5. The third-order valence-corrected chi connectivity index (χ3v) is 7.67. The van der Waals surface area contributed by atoms with Gasteiger partial charge in [-0.3, -0.25) is 0 Å². The normalized spacial score (nSPS) is 12.2. The Morgan fingerprint density at radius 3 is 1.60 bits per heavy atom. The second kappa shape index (κ2) is 25.5.